The summed E-state index contributed by atoms with van der Waals surface area (Å²) in [5, 5.41) is 19.9. The van der Waals surface area contributed by atoms with Crippen LogP contribution in [0.15, 0.2) is 30.6 Å². The van der Waals surface area contributed by atoms with E-state index in [1.807, 2.05) is 18.2 Å². The normalized spacial score (nSPS) is 10.7. The third kappa shape index (κ3) is 5.60. The zero-order valence-electron chi connectivity index (χ0n) is 16.4. The molecule has 8 heteroatoms. The van der Waals surface area contributed by atoms with Crippen molar-refractivity contribution in [3.05, 3.63) is 47.5 Å². The van der Waals surface area contributed by atoms with E-state index in [1.165, 1.54) is 6.33 Å². The summed E-state index contributed by atoms with van der Waals surface area (Å²) in [6, 6.07) is 7.55. The van der Waals surface area contributed by atoms with Gasteiger partial charge < -0.3 is 15.3 Å². The Kier molecular flexibility index (Phi) is 7.28. The molecule has 0 unspecified atom stereocenters. The monoisotopic (exact) mass is 392 g/mol. The maximum Gasteiger partial charge on any atom is 0.170 e. The first-order chi connectivity index (χ1) is 14.2. The number of carbonyl (C=O) groups excluding carboxylic acids is 1. The fraction of sp³-hybridized carbons (Fsp3) is 0.333. The van der Waals surface area contributed by atoms with Crippen LogP contribution in [0.2, 0.25) is 0 Å². The standard InChI is InChI=1S/C21H24N6O2/c1-2-27(9-10-28)8-4-3-5-16-6-7-19-20(11-16)23-15-24-21(19)22-13-17-12-18(14-29)26-25-17/h6-7,11-12,14-15,28H,2,4,8-10,13H2,1H3,(H,25,26)(H,22,23,24). The average molecular weight is 392 g/mol. The molecule has 3 aromatic rings. The summed E-state index contributed by atoms with van der Waals surface area (Å²) < 4.78 is 0. The minimum Gasteiger partial charge on any atom is -0.395 e. The van der Waals surface area contributed by atoms with Crippen LogP contribution in [0.4, 0.5) is 5.82 Å². The Balaban J connectivity index is 1.66. The lowest BCUT2D eigenvalue weighted by Gasteiger charge is -2.16. The van der Waals surface area contributed by atoms with E-state index in [2.05, 4.69) is 49.1 Å². The maximum atomic E-state index is 10.7. The molecule has 0 amide bonds. The first kappa shape index (κ1) is 20.5. The predicted molar refractivity (Wildman–Crippen MR) is 112 cm³/mol. The highest BCUT2D eigenvalue weighted by Gasteiger charge is 2.06. The van der Waals surface area contributed by atoms with Crippen molar-refractivity contribution in [1.82, 2.24) is 25.1 Å². The van der Waals surface area contributed by atoms with Gasteiger partial charge in [0.2, 0.25) is 0 Å². The zero-order valence-corrected chi connectivity index (χ0v) is 16.4. The molecule has 8 nitrogen and oxygen atoms in total. The number of nitrogens with zero attached hydrogens (tertiary/aromatic N) is 4. The number of aldehydes is 1. The van der Waals surface area contributed by atoms with Crippen molar-refractivity contribution in [1.29, 1.82) is 0 Å². The van der Waals surface area contributed by atoms with Crippen molar-refractivity contribution in [3.8, 4) is 11.8 Å². The number of aliphatic hydroxyl groups is 1. The van der Waals surface area contributed by atoms with Gasteiger partial charge in [0, 0.05) is 30.5 Å². The van der Waals surface area contributed by atoms with Crippen LogP contribution < -0.4 is 5.32 Å². The van der Waals surface area contributed by atoms with Gasteiger partial charge in [-0.25, -0.2) is 9.97 Å². The summed E-state index contributed by atoms with van der Waals surface area (Å²) in [5.74, 6) is 7.07. The molecule has 0 spiro atoms. The third-order valence-electron chi connectivity index (χ3n) is 4.50. The topological polar surface area (TPSA) is 107 Å². The van der Waals surface area contributed by atoms with E-state index >= 15 is 0 Å². The van der Waals surface area contributed by atoms with Crippen LogP contribution in [-0.4, -0.2) is 62.7 Å². The maximum absolute atomic E-state index is 10.7. The lowest BCUT2D eigenvalue weighted by Crippen LogP contribution is -2.27. The molecular weight excluding hydrogens is 368 g/mol. The van der Waals surface area contributed by atoms with E-state index in [9.17, 15) is 4.79 Å². The molecule has 29 heavy (non-hydrogen) atoms. The van der Waals surface area contributed by atoms with Gasteiger partial charge in [-0.2, -0.15) is 5.10 Å². The number of aliphatic hydroxyl groups excluding tert-OH is 1. The summed E-state index contributed by atoms with van der Waals surface area (Å²) in [4.78, 5) is 21.6. The van der Waals surface area contributed by atoms with Crippen LogP contribution in [0.5, 0.6) is 0 Å². The molecular formula is C21H24N6O2. The van der Waals surface area contributed by atoms with Crippen molar-refractivity contribution < 1.29 is 9.90 Å². The van der Waals surface area contributed by atoms with Gasteiger partial charge in [0.25, 0.3) is 0 Å². The van der Waals surface area contributed by atoms with E-state index < -0.39 is 0 Å². The molecule has 0 aliphatic rings. The Morgan fingerprint density at radius 1 is 1.28 bits per heavy atom. The van der Waals surface area contributed by atoms with Gasteiger partial charge in [-0.3, -0.25) is 9.89 Å². The van der Waals surface area contributed by atoms with Gasteiger partial charge in [-0.1, -0.05) is 18.8 Å². The van der Waals surface area contributed by atoms with Gasteiger partial charge in [0.15, 0.2) is 6.29 Å². The number of aromatic nitrogens is 4. The molecule has 0 aliphatic carbocycles. The van der Waals surface area contributed by atoms with E-state index in [1.54, 1.807) is 6.07 Å². The first-order valence-corrected chi connectivity index (χ1v) is 9.53. The summed E-state index contributed by atoms with van der Waals surface area (Å²) in [7, 11) is 0. The number of hydrogen-bond donors (Lipinski definition) is 3. The SMILES string of the molecule is CCN(CCO)CCC#Cc1ccc2c(NCc3cc(C=O)n[nH]3)ncnc2c1. The third-order valence-corrected chi connectivity index (χ3v) is 4.50. The van der Waals surface area contributed by atoms with Gasteiger partial charge >= 0.3 is 0 Å². The number of hydrogen-bond acceptors (Lipinski definition) is 7. The average Bonchev–Trinajstić information content (AvgIpc) is 3.22. The van der Waals surface area contributed by atoms with Crippen molar-refractivity contribution >= 4 is 23.0 Å². The highest BCUT2D eigenvalue weighted by atomic mass is 16.3. The molecule has 0 saturated heterocycles. The molecule has 0 bridgehead atoms. The molecule has 0 fully saturated rings. The van der Waals surface area contributed by atoms with Crippen molar-refractivity contribution in [2.75, 3.05) is 31.6 Å². The van der Waals surface area contributed by atoms with Crippen LogP contribution in [0.1, 0.15) is 35.1 Å². The first-order valence-electron chi connectivity index (χ1n) is 9.53. The Bertz CT molecular complexity index is 1020. The molecule has 1 aromatic carbocycles. The van der Waals surface area contributed by atoms with Crippen LogP contribution in [0.25, 0.3) is 10.9 Å². The van der Waals surface area contributed by atoms with Crippen LogP contribution >= 0.6 is 0 Å². The number of rotatable bonds is 9. The number of nitrogens with one attached hydrogen (secondary N) is 2. The number of carbonyl (C=O) groups is 1. The molecule has 0 aliphatic heterocycles. The molecule has 0 saturated carbocycles. The lowest BCUT2D eigenvalue weighted by molar-refractivity contribution is 0.111. The van der Waals surface area contributed by atoms with Crippen molar-refractivity contribution in [2.24, 2.45) is 0 Å². The number of benzene rings is 1. The number of H-pyrrole nitrogens is 1. The van der Waals surface area contributed by atoms with E-state index in [-0.39, 0.29) is 6.61 Å². The molecule has 2 heterocycles. The van der Waals surface area contributed by atoms with Gasteiger partial charge in [-0.05, 0) is 30.8 Å². The Labute approximate surface area is 169 Å². The Morgan fingerprint density at radius 2 is 2.17 bits per heavy atom. The van der Waals surface area contributed by atoms with Gasteiger partial charge in [0.05, 0.1) is 24.4 Å². The number of fused-ring (bicyclic) bond motifs is 1. The van der Waals surface area contributed by atoms with Crippen molar-refractivity contribution in [2.45, 2.75) is 19.9 Å². The minimum absolute atomic E-state index is 0.167. The fourth-order valence-electron chi connectivity index (χ4n) is 2.93. The Morgan fingerprint density at radius 3 is 2.93 bits per heavy atom. The van der Waals surface area contributed by atoms with Crippen LogP contribution in [0, 0.1) is 11.8 Å². The zero-order chi connectivity index (χ0) is 20.5. The molecule has 3 rings (SSSR count). The summed E-state index contributed by atoms with van der Waals surface area (Å²) >= 11 is 0. The van der Waals surface area contributed by atoms with Crippen LogP contribution in [-0.2, 0) is 6.54 Å². The second-order valence-electron chi connectivity index (χ2n) is 6.45. The quantitative estimate of drug-likeness (QED) is 0.377. The molecule has 2 aromatic heterocycles. The van der Waals surface area contributed by atoms with Gasteiger partial charge in [0.1, 0.15) is 17.8 Å². The van der Waals surface area contributed by atoms with E-state index in [0.29, 0.717) is 30.9 Å². The predicted octanol–water partition coefficient (Wildman–Crippen LogP) is 1.83. The number of aromatic amines is 1. The fourth-order valence-corrected chi connectivity index (χ4v) is 2.93. The number of likely N-dealkylation sites (N-methyl/N-ethyl adjacent to an activating group) is 1. The largest absolute Gasteiger partial charge is 0.395 e. The molecule has 0 atom stereocenters. The minimum atomic E-state index is 0.167. The molecule has 150 valence electrons. The Hall–Kier alpha value is -3.28. The smallest absolute Gasteiger partial charge is 0.170 e. The second-order valence-corrected chi connectivity index (χ2v) is 6.45. The molecule has 0 radical (unpaired) electrons. The van der Waals surface area contributed by atoms with Crippen molar-refractivity contribution in [3.63, 3.8) is 0 Å². The van der Waals surface area contributed by atoms with E-state index in [4.69, 9.17) is 5.11 Å². The summed E-state index contributed by atoms with van der Waals surface area (Å²) in [5.41, 5.74) is 2.87. The van der Waals surface area contributed by atoms with Gasteiger partial charge in [-0.15, -0.1) is 0 Å². The highest BCUT2D eigenvalue weighted by Crippen LogP contribution is 2.20. The summed E-state index contributed by atoms with van der Waals surface area (Å²) in [6.07, 6.45) is 2.96. The highest BCUT2D eigenvalue weighted by molar-refractivity contribution is 5.89. The summed E-state index contributed by atoms with van der Waals surface area (Å²) in [6.45, 7) is 5.13. The lowest BCUT2D eigenvalue weighted by atomic mass is 10.1. The van der Waals surface area contributed by atoms with Crippen LogP contribution in [0.3, 0.4) is 0 Å². The molecule has 3 N–H and O–H groups in total. The second kappa shape index (κ2) is 10.3. The number of anilines is 1. The van der Waals surface area contributed by atoms with E-state index in [0.717, 1.165) is 41.7 Å².